The molecule has 0 aliphatic heterocycles. The van der Waals surface area contributed by atoms with Crippen LogP contribution in [0.1, 0.15) is 38.2 Å². The van der Waals surface area contributed by atoms with Crippen LogP contribution in [0.3, 0.4) is 0 Å². The Kier molecular flexibility index (Phi) is 4.98. The van der Waals surface area contributed by atoms with Crippen molar-refractivity contribution in [3.63, 3.8) is 0 Å². The lowest BCUT2D eigenvalue weighted by Gasteiger charge is -2.23. The minimum Gasteiger partial charge on any atom is -0.491 e. The SMILES string of the molecule is CCNCc1cc(Cl)cc(Cl)c1OCC1CC2CCC1C2. The Morgan fingerprint density at radius 1 is 1.24 bits per heavy atom. The van der Waals surface area contributed by atoms with Crippen LogP contribution >= 0.6 is 23.2 Å². The van der Waals surface area contributed by atoms with Gasteiger partial charge in [0.05, 0.1) is 11.6 Å². The van der Waals surface area contributed by atoms with Gasteiger partial charge in [0.25, 0.3) is 0 Å². The summed E-state index contributed by atoms with van der Waals surface area (Å²) in [6.07, 6.45) is 5.55. The first-order chi connectivity index (χ1) is 10.2. The van der Waals surface area contributed by atoms with E-state index in [9.17, 15) is 0 Å². The van der Waals surface area contributed by atoms with Gasteiger partial charge in [-0.05, 0) is 55.7 Å². The van der Waals surface area contributed by atoms with Crippen molar-refractivity contribution < 1.29 is 4.74 Å². The molecule has 21 heavy (non-hydrogen) atoms. The molecule has 2 aliphatic rings. The molecule has 0 heterocycles. The van der Waals surface area contributed by atoms with E-state index in [1.54, 1.807) is 6.07 Å². The average molecular weight is 328 g/mol. The van der Waals surface area contributed by atoms with E-state index in [-0.39, 0.29) is 0 Å². The standard InChI is InChI=1S/C17H23Cl2NO/c1-2-20-9-13-7-15(18)8-16(19)17(13)21-10-14-6-11-3-4-12(14)5-11/h7-8,11-12,14,20H,2-6,9-10H2,1H3. The van der Waals surface area contributed by atoms with E-state index in [1.807, 2.05) is 6.07 Å². The van der Waals surface area contributed by atoms with E-state index in [0.29, 0.717) is 16.0 Å². The van der Waals surface area contributed by atoms with Crippen LogP contribution in [0.4, 0.5) is 0 Å². The molecule has 0 amide bonds. The highest BCUT2D eigenvalue weighted by atomic mass is 35.5. The molecule has 0 aromatic heterocycles. The maximum Gasteiger partial charge on any atom is 0.142 e. The minimum atomic E-state index is 0.624. The van der Waals surface area contributed by atoms with Crippen molar-refractivity contribution in [1.29, 1.82) is 0 Å². The van der Waals surface area contributed by atoms with Gasteiger partial charge in [0.2, 0.25) is 0 Å². The summed E-state index contributed by atoms with van der Waals surface area (Å²) in [7, 11) is 0. The topological polar surface area (TPSA) is 21.3 Å². The number of benzene rings is 1. The second-order valence-corrected chi connectivity index (χ2v) is 7.25. The Labute approximate surface area is 137 Å². The molecule has 0 radical (unpaired) electrons. The van der Waals surface area contributed by atoms with Gasteiger partial charge in [-0.25, -0.2) is 0 Å². The number of fused-ring (bicyclic) bond motifs is 2. The third-order valence-electron chi connectivity index (χ3n) is 4.98. The monoisotopic (exact) mass is 327 g/mol. The highest BCUT2D eigenvalue weighted by Gasteiger charge is 2.39. The van der Waals surface area contributed by atoms with Gasteiger partial charge in [0.15, 0.2) is 0 Å². The maximum absolute atomic E-state index is 6.34. The first kappa shape index (κ1) is 15.5. The minimum absolute atomic E-state index is 0.624. The highest BCUT2D eigenvalue weighted by Crippen LogP contribution is 2.48. The van der Waals surface area contributed by atoms with Gasteiger partial charge in [-0.2, -0.15) is 0 Å². The summed E-state index contributed by atoms with van der Waals surface area (Å²) in [6, 6.07) is 3.72. The van der Waals surface area contributed by atoms with Crippen molar-refractivity contribution >= 4 is 23.2 Å². The molecule has 1 aromatic rings. The third-order valence-corrected chi connectivity index (χ3v) is 5.48. The van der Waals surface area contributed by atoms with Crippen LogP contribution in [0, 0.1) is 17.8 Å². The van der Waals surface area contributed by atoms with Crippen LogP contribution < -0.4 is 10.1 Å². The van der Waals surface area contributed by atoms with Gasteiger partial charge in [-0.3, -0.25) is 0 Å². The predicted molar refractivity (Wildman–Crippen MR) is 88.3 cm³/mol. The molecule has 4 heteroatoms. The summed E-state index contributed by atoms with van der Waals surface area (Å²) < 4.78 is 6.13. The fourth-order valence-corrected chi connectivity index (χ4v) is 4.53. The van der Waals surface area contributed by atoms with Crippen molar-refractivity contribution in [2.75, 3.05) is 13.2 Å². The molecule has 1 N–H and O–H groups in total. The summed E-state index contributed by atoms with van der Waals surface area (Å²) in [5, 5.41) is 4.61. The third kappa shape index (κ3) is 3.49. The molecule has 3 atom stereocenters. The smallest absolute Gasteiger partial charge is 0.142 e. The molecule has 3 unspecified atom stereocenters. The molecule has 2 saturated carbocycles. The van der Waals surface area contributed by atoms with Crippen LogP contribution in [-0.2, 0) is 6.54 Å². The summed E-state index contributed by atoms with van der Waals surface area (Å²) in [6.45, 7) is 4.53. The Balaban J connectivity index is 1.68. The number of ether oxygens (including phenoxy) is 1. The Bertz CT molecular complexity index is 506. The Morgan fingerprint density at radius 3 is 2.76 bits per heavy atom. The van der Waals surface area contributed by atoms with Gasteiger partial charge in [-0.15, -0.1) is 0 Å². The van der Waals surface area contributed by atoms with E-state index in [0.717, 1.165) is 42.8 Å². The van der Waals surface area contributed by atoms with Gasteiger partial charge in [0.1, 0.15) is 5.75 Å². The number of hydrogen-bond donors (Lipinski definition) is 1. The first-order valence-electron chi connectivity index (χ1n) is 7.98. The van der Waals surface area contributed by atoms with E-state index >= 15 is 0 Å². The van der Waals surface area contributed by atoms with Crippen LogP contribution in [0.15, 0.2) is 12.1 Å². The van der Waals surface area contributed by atoms with Crippen LogP contribution in [0.2, 0.25) is 10.0 Å². The van der Waals surface area contributed by atoms with E-state index in [2.05, 4.69) is 12.2 Å². The van der Waals surface area contributed by atoms with Crippen LogP contribution in [-0.4, -0.2) is 13.2 Å². The van der Waals surface area contributed by atoms with E-state index < -0.39 is 0 Å². The summed E-state index contributed by atoms with van der Waals surface area (Å²) in [4.78, 5) is 0. The van der Waals surface area contributed by atoms with Gasteiger partial charge in [0, 0.05) is 17.1 Å². The molecular weight excluding hydrogens is 305 g/mol. The zero-order chi connectivity index (χ0) is 14.8. The van der Waals surface area contributed by atoms with Gasteiger partial charge >= 0.3 is 0 Å². The fourth-order valence-electron chi connectivity index (χ4n) is 3.94. The normalized spacial score (nSPS) is 27.3. The lowest BCUT2D eigenvalue weighted by Crippen LogP contribution is -2.20. The van der Waals surface area contributed by atoms with Crippen molar-refractivity contribution in [2.45, 2.75) is 39.2 Å². The lowest BCUT2D eigenvalue weighted by atomic mass is 9.89. The molecule has 3 rings (SSSR count). The van der Waals surface area contributed by atoms with Crippen LogP contribution in [0.25, 0.3) is 0 Å². The van der Waals surface area contributed by atoms with Crippen molar-refractivity contribution in [2.24, 2.45) is 17.8 Å². The van der Waals surface area contributed by atoms with Gasteiger partial charge < -0.3 is 10.1 Å². The van der Waals surface area contributed by atoms with Crippen molar-refractivity contribution in [1.82, 2.24) is 5.32 Å². The van der Waals surface area contributed by atoms with E-state index in [4.69, 9.17) is 27.9 Å². The van der Waals surface area contributed by atoms with Gasteiger partial charge in [-0.1, -0.05) is 36.5 Å². The molecule has 1 aromatic carbocycles. The number of nitrogens with one attached hydrogen (secondary N) is 1. The molecule has 2 aliphatic carbocycles. The quantitative estimate of drug-likeness (QED) is 0.800. The summed E-state index contributed by atoms with van der Waals surface area (Å²) in [5.74, 6) is 3.34. The molecular formula is C17H23Cl2NO. The first-order valence-corrected chi connectivity index (χ1v) is 8.74. The second-order valence-electron chi connectivity index (χ2n) is 6.40. The zero-order valence-corrected chi connectivity index (χ0v) is 14.0. The molecule has 2 nitrogen and oxygen atoms in total. The maximum atomic E-state index is 6.34. The fraction of sp³-hybridized carbons (Fsp3) is 0.647. The average Bonchev–Trinajstić information content (AvgIpc) is 3.06. The second kappa shape index (κ2) is 6.76. The number of hydrogen-bond acceptors (Lipinski definition) is 2. The highest BCUT2D eigenvalue weighted by molar-refractivity contribution is 6.35. The molecule has 116 valence electrons. The number of rotatable bonds is 6. The predicted octanol–water partition coefficient (Wildman–Crippen LogP) is 4.92. The molecule has 2 bridgehead atoms. The molecule has 0 saturated heterocycles. The van der Waals surface area contributed by atoms with Crippen molar-refractivity contribution in [3.05, 3.63) is 27.7 Å². The van der Waals surface area contributed by atoms with Crippen LogP contribution in [0.5, 0.6) is 5.75 Å². The molecule has 0 spiro atoms. The molecule has 2 fully saturated rings. The largest absolute Gasteiger partial charge is 0.491 e. The lowest BCUT2D eigenvalue weighted by molar-refractivity contribution is 0.194. The van der Waals surface area contributed by atoms with Crippen molar-refractivity contribution in [3.8, 4) is 5.75 Å². The van der Waals surface area contributed by atoms with E-state index in [1.165, 1.54) is 25.7 Å². The zero-order valence-electron chi connectivity index (χ0n) is 12.5. The Morgan fingerprint density at radius 2 is 2.10 bits per heavy atom. The summed E-state index contributed by atoms with van der Waals surface area (Å²) >= 11 is 12.5. The summed E-state index contributed by atoms with van der Waals surface area (Å²) in [5.41, 5.74) is 1.05. The number of halogens is 2. The Hall–Kier alpha value is -0.440.